The second kappa shape index (κ2) is 6.95. The molecule has 0 heteroatoms. The van der Waals surface area contributed by atoms with E-state index >= 15 is 0 Å². The third-order valence-electron chi connectivity index (χ3n) is 7.48. The van der Waals surface area contributed by atoms with Crippen LogP contribution in [0.25, 0.3) is 22.3 Å². The summed E-state index contributed by atoms with van der Waals surface area (Å²) in [5.74, 6) is 0. The van der Waals surface area contributed by atoms with Crippen LogP contribution >= 0.6 is 0 Å². The van der Waals surface area contributed by atoms with E-state index in [1.165, 1.54) is 55.6 Å². The lowest BCUT2D eigenvalue weighted by Crippen LogP contribution is -2.15. The Morgan fingerprint density at radius 3 is 1.97 bits per heavy atom. The number of hydrogen-bond donors (Lipinski definition) is 0. The van der Waals surface area contributed by atoms with Gasteiger partial charge in [-0.15, -0.1) is 0 Å². The number of rotatable bonds is 1. The van der Waals surface area contributed by atoms with Crippen molar-refractivity contribution in [3.63, 3.8) is 0 Å². The van der Waals surface area contributed by atoms with Crippen molar-refractivity contribution in [3.8, 4) is 22.3 Å². The van der Waals surface area contributed by atoms with Crippen LogP contribution in [0.15, 0.2) is 84.9 Å². The van der Waals surface area contributed by atoms with Crippen LogP contribution in [0.1, 0.15) is 47.2 Å². The molecule has 4 bridgehead atoms. The lowest BCUT2D eigenvalue weighted by atomic mass is 9.81. The summed E-state index contributed by atoms with van der Waals surface area (Å²) in [5, 5.41) is 0. The summed E-state index contributed by atoms with van der Waals surface area (Å²) in [6.45, 7) is 4.74. The summed E-state index contributed by atoms with van der Waals surface area (Å²) in [5.41, 5.74) is 14.3. The van der Waals surface area contributed by atoms with Gasteiger partial charge < -0.3 is 0 Å². The molecule has 0 heterocycles. The smallest absolute Gasteiger partial charge is 0.0159 e. The second-order valence-electron chi connectivity index (χ2n) is 9.74. The highest BCUT2D eigenvalue weighted by Gasteiger charge is 2.35. The number of hydrogen-bond acceptors (Lipinski definition) is 0. The molecule has 31 heavy (non-hydrogen) atoms. The van der Waals surface area contributed by atoms with Crippen LogP contribution in [0.3, 0.4) is 0 Å². The Kier molecular flexibility index (Phi) is 4.18. The van der Waals surface area contributed by atoms with E-state index in [4.69, 9.17) is 0 Å². The molecule has 0 nitrogen and oxygen atoms in total. The third-order valence-corrected chi connectivity index (χ3v) is 7.48. The SMILES string of the molecule is CC1(C)c2ccccc2-c2ccc(-c3cc4ccc3CCc3ccc(cc3)CC4)cc21. The average Bonchev–Trinajstić information content (AvgIpc) is 3.02. The van der Waals surface area contributed by atoms with Crippen molar-refractivity contribution in [1.82, 2.24) is 0 Å². The molecule has 0 aromatic heterocycles. The zero-order valence-corrected chi connectivity index (χ0v) is 18.4. The molecule has 0 saturated carbocycles. The van der Waals surface area contributed by atoms with Crippen molar-refractivity contribution in [2.75, 3.05) is 0 Å². The molecule has 4 aromatic carbocycles. The van der Waals surface area contributed by atoms with Gasteiger partial charge in [-0.1, -0.05) is 92.7 Å². The Balaban J connectivity index is 1.47. The van der Waals surface area contributed by atoms with Gasteiger partial charge >= 0.3 is 0 Å². The molecule has 5 aliphatic rings. The van der Waals surface area contributed by atoms with E-state index in [0.717, 1.165) is 25.7 Å². The third kappa shape index (κ3) is 3.05. The van der Waals surface area contributed by atoms with Gasteiger partial charge in [0.15, 0.2) is 0 Å². The van der Waals surface area contributed by atoms with Crippen molar-refractivity contribution in [3.05, 3.63) is 118 Å². The van der Waals surface area contributed by atoms with Gasteiger partial charge in [-0.05, 0) is 87.4 Å². The summed E-state index contributed by atoms with van der Waals surface area (Å²) in [6.07, 6.45) is 4.37. The van der Waals surface area contributed by atoms with Crippen LogP contribution in [-0.4, -0.2) is 0 Å². The van der Waals surface area contributed by atoms with Crippen molar-refractivity contribution in [2.45, 2.75) is 44.9 Å². The van der Waals surface area contributed by atoms with Crippen LogP contribution in [0.4, 0.5) is 0 Å². The van der Waals surface area contributed by atoms with Gasteiger partial charge in [-0.2, -0.15) is 0 Å². The van der Waals surface area contributed by atoms with Crippen LogP contribution in [0.2, 0.25) is 0 Å². The quantitative estimate of drug-likeness (QED) is 0.309. The lowest BCUT2D eigenvalue weighted by molar-refractivity contribution is 0.660. The number of fused-ring (bicyclic) bond motifs is 3. The fraction of sp³-hybridized carbons (Fsp3) is 0.226. The average molecular weight is 401 g/mol. The number of aryl methyl sites for hydroxylation is 4. The highest BCUT2D eigenvalue weighted by atomic mass is 14.4. The highest BCUT2D eigenvalue weighted by Crippen LogP contribution is 2.49. The molecular formula is C31H28. The molecule has 4 aromatic rings. The Morgan fingerprint density at radius 2 is 1.16 bits per heavy atom. The molecule has 9 rings (SSSR count). The molecule has 0 radical (unpaired) electrons. The lowest BCUT2D eigenvalue weighted by Gasteiger charge is -2.22. The largest absolute Gasteiger partial charge is 0.0619 e. The maximum Gasteiger partial charge on any atom is 0.0159 e. The summed E-state index contributed by atoms with van der Waals surface area (Å²) < 4.78 is 0. The summed E-state index contributed by atoms with van der Waals surface area (Å²) in [7, 11) is 0. The molecule has 152 valence electrons. The Labute approximate surface area is 185 Å². The predicted molar refractivity (Wildman–Crippen MR) is 131 cm³/mol. The van der Waals surface area contributed by atoms with Gasteiger partial charge in [-0.25, -0.2) is 0 Å². The fourth-order valence-electron chi connectivity index (χ4n) is 5.58. The molecule has 0 unspecified atom stereocenters. The standard InChI is InChI=1S/C31H28/c1-31(2)29-6-4-3-5-26(29)27-18-17-25(20-30(27)31)28-19-23-12-11-21-7-9-22(10-8-21)13-15-24(28)16-14-23/h3-10,14,16-20H,11-13,15H2,1-2H3. The summed E-state index contributed by atoms with van der Waals surface area (Å²) in [6, 6.07) is 32.5. The topological polar surface area (TPSA) is 0 Å². The zero-order chi connectivity index (χ0) is 21.0. The molecule has 5 aliphatic carbocycles. The minimum absolute atomic E-state index is 0.0434. The Hall–Kier alpha value is -3.12. The fourth-order valence-corrected chi connectivity index (χ4v) is 5.58. The monoisotopic (exact) mass is 400 g/mol. The zero-order valence-electron chi connectivity index (χ0n) is 18.4. The first-order valence-corrected chi connectivity index (χ1v) is 11.5. The van der Waals surface area contributed by atoms with E-state index < -0.39 is 0 Å². The molecule has 0 aliphatic heterocycles. The minimum atomic E-state index is 0.0434. The first-order chi connectivity index (χ1) is 15.1. The normalized spacial score (nSPS) is 15.8. The first kappa shape index (κ1) is 18.6. The van der Waals surface area contributed by atoms with Crippen LogP contribution in [0.5, 0.6) is 0 Å². The van der Waals surface area contributed by atoms with E-state index in [1.807, 2.05) is 0 Å². The first-order valence-electron chi connectivity index (χ1n) is 11.5. The van der Waals surface area contributed by atoms with E-state index in [-0.39, 0.29) is 5.41 Å². The molecule has 0 saturated heterocycles. The van der Waals surface area contributed by atoms with Crippen LogP contribution in [-0.2, 0) is 31.1 Å². The molecule has 0 atom stereocenters. The Bertz CT molecular complexity index is 1290. The van der Waals surface area contributed by atoms with Crippen molar-refractivity contribution >= 4 is 0 Å². The maximum atomic E-state index is 2.47. The van der Waals surface area contributed by atoms with Crippen molar-refractivity contribution < 1.29 is 0 Å². The highest BCUT2D eigenvalue weighted by molar-refractivity contribution is 5.84. The van der Waals surface area contributed by atoms with Gasteiger partial charge in [0.25, 0.3) is 0 Å². The molecular weight excluding hydrogens is 372 g/mol. The minimum Gasteiger partial charge on any atom is -0.0619 e. The van der Waals surface area contributed by atoms with Crippen LogP contribution in [0, 0.1) is 0 Å². The van der Waals surface area contributed by atoms with E-state index in [2.05, 4.69) is 98.8 Å². The molecule has 0 N–H and O–H groups in total. The van der Waals surface area contributed by atoms with E-state index in [0.29, 0.717) is 0 Å². The molecule has 0 amide bonds. The van der Waals surface area contributed by atoms with Gasteiger partial charge in [0.05, 0.1) is 0 Å². The van der Waals surface area contributed by atoms with Crippen LogP contribution < -0.4 is 0 Å². The van der Waals surface area contributed by atoms with E-state index in [1.54, 1.807) is 0 Å². The number of benzene rings is 4. The second-order valence-corrected chi connectivity index (χ2v) is 9.74. The Morgan fingerprint density at radius 1 is 0.516 bits per heavy atom. The van der Waals surface area contributed by atoms with Gasteiger partial charge in [0, 0.05) is 5.41 Å². The van der Waals surface area contributed by atoms with Gasteiger partial charge in [0.1, 0.15) is 0 Å². The summed E-state index contributed by atoms with van der Waals surface area (Å²) in [4.78, 5) is 0. The molecule has 0 fully saturated rings. The predicted octanol–water partition coefficient (Wildman–Crippen LogP) is 7.54. The van der Waals surface area contributed by atoms with E-state index in [9.17, 15) is 0 Å². The maximum absolute atomic E-state index is 2.47. The van der Waals surface area contributed by atoms with Gasteiger partial charge in [0.2, 0.25) is 0 Å². The van der Waals surface area contributed by atoms with Crippen molar-refractivity contribution in [1.29, 1.82) is 0 Å². The van der Waals surface area contributed by atoms with Gasteiger partial charge in [-0.3, -0.25) is 0 Å². The molecule has 0 spiro atoms. The van der Waals surface area contributed by atoms with Crippen molar-refractivity contribution in [2.24, 2.45) is 0 Å². The summed E-state index contributed by atoms with van der Waals surface area (Å²) >= 11 is 0.